The number of anilines is 2. The highest BCUT2D eigenvalue weighted by atomic mass is 19.1. The normalized spacial score (nSPS) is 14.2. The second-order valence-electron chi connectivity index (χ2n) is 7.59. The van der Waals surface area contributed by atoms with Gasteiger partial charge in [-0.2, -0.15) is 5.26 Å². The van der Waals surface area contributed by atoms with Crippen molar-refractivity contribution in [3.63, 3.8) is 0 Å². The molecule has 0 unspecified atom stereocenters. The van der Waals surface area contributed by atoms with Crippen LogP contribution in [0.4, 0.5) is 15.8 Å². The van der Waals surface area contributed by atoms with Crippen molar-refractivity contribution in [2.45, 2.75) is 0 Å². The van der Waals surface area contributed by atoms with Crippen LogP contribution >= 0.6 is 0 Å². The van der Waals surface area contributed by atoms with Crippen molar-refractivity contribution >= 4 is 17.3 Å². The molecule has 2 aromatic carbocycles. The molecule has 1 aromatic heterocycles. The van der Waals surface area contributed by atoms with Crippen molar-refractivity contribution in [3.05, 3.63) is 77.9 Å². The maximum Gasteiger partial charge on any atom is 0.272 e. The molecule has 8 heteroatoms. The zero-order valence-corrected chi connectivity index (χ0v) is 17.5. The monoisotopic (exact) mass is 433 g/mol. The lowest BCUT2D eigenvalue weighted by Gasteiger charge is -2.36. The number of halogens is 1. The van der Waals surface area contributed by atoms with Crippen LogP contribution in [0, 0.1) is 17.1 Å². The zero-order valence-electron chi connectivity index (χ0n) is 17.5. The summed E-state index contributed by atoms with van der Waals surface area (Å²) in [6.45, 7) is 3.98. The Balaban J connectivity index is 1.49. The molecule has 1 aliphatic heterocycles. The number of hydrogen-bond acceptors (Lipinski definition) is 5. The van der Waals surface area contributed by atoms with Gasteiger partial charge in [0.05, 0.1) is 17.9 Å². The lowest BCUT2D eigenvalue weighted by molar-refractivity contribution is 0.102. The third kappa shape index (κ3) is 4.64. The Morgan fingerprint density at radius 2 is 1.84 bits per heavy atom. The highest BCUT2D eigenvalue weighted by Crippen LogP contribution is 2.25. The second-order valence-corrected chi connectivity index (χ2v) is 7.59. The van der Waals surface area contributed by atoms with Crippen LogP contribution in [0.15, 0.2) is 60.8 Å². The van der Waals surface area contributed by atoms with E-state index in [-0.39, 0.29) is 18.3 Å². The molecule has 3 aromatic rings. The van der Waals surface area contributed by atoms with Crippen LogP contribution in [0.25, 0.3) is 5.69 Å². The molecule has 0 saturated carbocycles. The van der Waals surface area contributed by atoms with Gasteiger partial charge in [-0.15, -0.1) is 0 Å². The summed E-state index contributed by atoms with van der Waals surface area (Å²) in [6, 6.07) is 16.9. The molecule has 1 aliphatic rings. The summed E-state index contributed by atoms with van der Waals surface area (Å²) in [5.41, 5.74) is 2.94. The highest BCUT2D eigenvalue weighted by Gasteiger charge is 2.20. The standard InChI is InChI=1S/C24H24FN5O2/c25-19-3-6-21(7-4-19)30-9-1-2-23(30)24(32)27-20-5-8-22(18(16-20)17-26)29-12-10-28(11-13-29)14-15-31/h1-9,16,31H,10-15H2,(H,27,32). The van der Waals surface area contributed by atoms with Gasteiger partial charge in [0.25, 0.3) is 5.91 Å². The van der Waals surface area contributed by atoms with Gasteiger partial charge < -0.3 is 19.9 Å². The predicted octanol–water partition coefficient (Wildman–Crippen LogP) is 2.85. The molecule has 2 N–H and O–H groups in total. The van der Waals surface area contributed by atoms with Crippen molar-refractivity contribution in [2.24, 2.45) is 0 Å². The summed E-state index contributed by atoms with van der Waals surface area (Å²) >= 11 is 0. The quantitative estimate of drug-likeness (QED) is 0.625. The lowest BCUT2D eigenvalue weighted by Crippen LogP contribution is -2.47. The second kappa shape index (κ2) is 9.64. The van der Waals surface area contributed by atoms with E-state index >= 15 is 0 Å². The molecule has 0 radical (unpaired) electrons. The zero-order chi connectivity index (χ0) is 22.5. The Morgan fingerprint density at radius 1 is 1.09 bits per heavy atom. The number of aromatic nitrogens is 1. The third-order valence-corrected chi connectivity index (χ3v) is 5.59. The minimum atomic E-state index is -0.342. The number of aliphatic hydroxyl groups is 1. The van der Waals surface area contributed by atoms with Crippen LogP contribution in [-0.2, 0) is 0 Å². The number of rotatable bonds is 6. The number of piperazine rings is 1. The Morgan fingerprint density at radius 3 is 2.53 bits per heavy atom. The van der Waals surface area contributed by atoms with Crippen LogP contribution in [0.5, 0.6) is 0 Å². The van der Waals surface area contributed by atoms with E-state index < -0.39 is 0 Å². The van der Waals surface area contributed by atoms with Crippen molar-refractivity contribution in [1.82, 2.24) is 9.47 Å². The maximum absolute atomic E-state index is 13.2. The molecular formula is C24H24FN5O2. The van der Waals surface area contributed by atoms with Crippen LogP contribution in [0.2, 0.25) is 0 Å². The van der Waals surface area contributed by atoms with Gasteiger partial charge in [-0.25, -0.2) is 4.39 Å². The first-order chi connectivity index (χ1) is 15.6. The fourth-order valence-corrected chi connectivity index (χ4v) is 3.92. The van der Waals surface area contributed by atoms with Gasteiger partial charge in [-0.3, -0.25) is 9.69 Å². The molecule has 0 atom stereocenters. The van der Waals surface area contributed by atoms with E-state index in [4.69, 9.17) is 5.11 Å². The van der Waals surface area contributed by atoms with E-state index in [2.05, 4.69) is 21.2 Å². The number of carbonyl (C=O) groups is 1. The highest BCUT2D eigenvalue weighted by molar-refractivity contribution is 6.03. The minimum Gasteiger partial charge on any atom is -0.395 e. The molecule has 1 fully saturated rings. The van der Waals surface area contributed by atoms with Crippen molar-refractivity contribution < 1.29 is 14.3 Å². The van der Waals surface area contributed by atoms with Crippen molar-refractivity contribution in [1.29, 1.82) is 5.26 Å². The van der Waals surface area contributed by atoms with Crippen LogP contribution in [-0.4, -0.2) is 59.8 Å². The molecule has 7 nitrogen and oxygen atoms in total. The van der Waals surface area contributed by atoms with Gasteiger partial charge in [0.15, 0.2) is 0 Å². The Labute approximate surface area is 185 Å². The molecule has 2 heterocycles. The SMILES string of the molecule is N#Cc1cc(NC(=O)c2cccn2-c2ccc(F)cc2)ccc1N1CCN(CCO)CC1. The van der Waals surface area contributed by atoms with E-state index in [0.717, 1.165) is 31.9 Å². The Hall–Kier alpha value is -3.67. The molecule has 1 saturated heterocycles. The number of carbonyl (C=O) groups excluding carboxylic acids is 1. The van der Waals surface area contributed by atoms with Crippen molar-refractivity contribution in [2.75, 3.05) is 49.5 Å². The number of hydrogen-bond donors (Lipinski definition) is 2. The summed E-state index contributed by atoms with van der Waals surface area (Å²) < 4.78 is 14.9. The van der Waals surface area contributed by atoms with E-state index in [1.54, 1.807) is 47.2 Å². The summed E-state index contributed by atoms with van der Waals surface area (Å²) in [6.07, 6.45) is 1.74. The van der Waals surface area contributed by atoms with Crippen LogP contribution in [0.1, 0.15) is 16.1 Å². The van der Waals surface area contributed by atoms with E-state index in [0.29, 0.717) is 29.2 Å². The third-order valence-electron chi connectivity index (χ3n) is 5.59. The summed E-state index contributed by atoms with van der Waals surface area (Å²) in [7, 11) is 0. The maximum atomic E-state index is 13.2. The fraction of sp³-hybridized carbons (Fsp3) is 0.250. The number of nitriles is 1. The molecule has 1 amide bonds. The number of aliphatic hydroxyl groups excluding tert-OH is 1. The largest absolute Gasteiger partial charge is 0.395 e. The molecule has 0 aliphatic carbocycles. The number of β-amino-alcohol motifs (C(OH)–C–C–N with tert-alkyl or cyclic N) is 1. The first kappa shape index (κ1) is 21.6. The molecule has 164 valence electrons. The van der Waals surface area contributed by atoms with Crippen LogP contribution in [0.3, 0.4) is 0 Å². The topological polar surface area (TPSA) is 84.5 Å². The minimum absolute atomic E-state index is 0.141. The summed E-state index contributed by atoms with van der Waals surface area (Å²) in [4.78, 5) is 17.2. The van der Waals surface area contributed by atoms with Gasteiger partial charge >= 0.3 is 0 Å². The number of benzene rings is 2. The first-order valence-corrected chi connectivity index (χ1v) is 10.5. The van der Waals surface area contributed by atoms with Crippen LogP contribution < -0.4 is 10.2 Å². The van der Waals surface area contributed by atoms with Gasteiger partial charge in [-0.1, -0.05) is 0 Å². The number of nitrogens with zero attached hydrogens (tertiary/aromatic N) is 4. The van der Waals surface area contributed by atoms with E-state index in [1.807, 2.05) is 6.07 Å². The van der Waals surface area contributed by atoms with Crippen molar-refractivity contribution in [3.8, 4) is 11.8 Å². The number of nitrogens with one attached hydrogen (secondary N) is 1. The summed E-state index contributed by atoms with van der Waals surface area (Å²) in [5.74, 6) is -0.667. The number of amides is 1. The smallest absolute Gasteiger partial charge is 0.272 e. The Kier molecular flexibility index (Phi) is 6.50. The molecular weight excluding hydrogens is 409 g/mol. The van der Waals surface area contributed by atoms with Gasteiger partial charge in [0.1, 0.15) is 17.6 Å². The Bertz CT molecular complexity index is 1130. The molecule has 0 bridgehead atoms. The van der Waals surface area contributed by atoms with Gasteiger partial charge in [0.2, 0.25) is 0 Å². The van der Waals surface area contributed by atoms with E-state index in [1.165, 1.54) is 12.1 Å². The fourth-order valence-electron chi connectivity index (χ4n) is 3.92. The molecule has 0 spiro atoms. The lowest BCUT2D eigenvalue weighted by atomic mass is 10.1. The average Bonchev–Trinajstić information content (AvgIpc) is 3.30. The summed E-state index contributed by atoms with van der Waals surface area (Å²) in [5, 5.41) is 21.6. The first-order valence-electron chi connectivity index (χ1n) is 10.5. The van der Waals surface area contributed by atoms with Gasteiger partial charge in [-0.05, 0) is 54.6 Å². The predicted molar refractivity (Wildman–Crippen MR) is 121 cm³/mol. The molecule has 4 rings (SSSR count). The van der Waals surface area contributed by atoms with Gasteiger partial charge in [0, 0.05) is 50.3 Å². The van der Waals surface area contributed by atoms with E-state index in [9.17, 15) is 14.4 Å². The molecule has 32 heavy (non-hydrogen) atoms. The average molecular weight is 433 g/mol.